The van der Waals surface area contributed by atoms with E-state index in [-0.39, 0.29) is 48.8 Å². The van der Waals surface area contributed by atoms with Gasteiger partial charge in [-0.3, -0.25) is 24.3 Å². The lowest BCUT2D eigenvalue weighted by molar-refractivity contribution is -0.137. The first-order valence-electron chi connectivity index (χ1n) is 24.8. The predicted molar refractivity (Wildman–Crippen MR) is 284 cm³/mol. The van der Waals surface area contributed by atoms with E-state index in [2.05, 4.69) is 35.3 Å². The molecule has 0 bridgehead atoms. The van der Waals surface area contributed by atoms with Gasteiger partial charge in [0.2, 0.25) is 0 Å². The molecule has 1 unspecified atom stereocenters. The van der Waals surface area contributed by atoms with Gasteiger partial charge in [-0.15, -0.1) is 0 Å². The number of ether oxygens (including phenoxy) is 7. The molecule has 73 heavy (non-hydrogen) atoms. The zero-order valence-electron chi connectivity index (χ0n) is 41.8. The number of carboxylic acids is 1. The molecule has 0 aromatic heterocycles. The maximum absolute atomic E-state index is 14.2. The number of anilines is 4. The predicted octanol–water partition coefficient (Wildman–Crippen LogP) is 8.62. The van der Waals surface area contributed by atoms with Gasteiger partial charge in [0.05, 0.1) is 81.8 Å². The second-order valence-corrected chi connectivity index (χ2v) is 19.9. The van der Waals surface area contributed by atoms with E-state index in [4.69, 9.17) is 38.2 Å². The van der Waals surface area contributed by atoms with Crippen molar-refractivity contribution in [2.45, 2.75) is 63.2 Å². The van der Waals surface area contributed by atoms with Crippen LogP contribution in [0.5, 0.6) is 23.0 Å². The van der Waals surface area contributed by atoms with E-state index < -0.39 is 5.97 Å². The van der Waals surface area contributed by atoms with E-state index >= 15 is 0 Å². The number of carbonyl (C=O) groups excluding carboxylic acids is 2. The standard InChI is InChI=1S/C56H63N5O11S/c1-36(73-21-9-14-54(62)63)33-59(15-16-69-19-20-70-18-17-66-2)41-23-37(34-71-52-29-46-44(27-50(52)67-3)55(64)60-42(31-57-46)25-39-10-5-7-12-48(39)60)22-38(24-41)35-72-53-30-47-45(28-51(53)68-4)56(65)61-43(32-58-47)26-40-11-6-8-13-49(40)61/h5-8,10-13,22-24,27-31,36,42-43,58H,9,14-21,25-26,32-35H2,1-4H3,(H,62,63)/t36-,42?,43-/m0/s1. The average Bonchev–Trinajstić information content (AvgIpc) is 3.89. The number of aliphatic carboxylic acids is 1. The summed E-state index contributed by atoms with van der Waals surface area (Å²) in [5, 5.41) is 12.9. The lowest BCUT2D eigenvalue weighted by atomic mass is 10.1. The molecule has 4 heterocycles. The molecule has 3 atom stereocenters. The molecule has 2 amide bonds. The summed E-state index contributed by atoms with van der Waals surface area (Å²) in [6.07, 6.45) is 3.98. The first-order valence-corrected chi connectivity index (χ1v) is 25.8. The van der Waals surface area contributed by atoms with E-state index in [0.717, 1.165) is 45.7 Å². The van der Waals surface area contributed by atoms with Crippen LogP contribution in [0, 0.1) is 0 Å². The van der Waals surface area contributed by atoms with Crippen LogP contribution in [0.2, 0.25) is 0 Å². The molecular formula is C56H63N5O11S. The Balaban J connectivity index is 0.993. The number of fused-ring (bicyclic) bond motifs is 8. The molecule has 5 aromatic carbocycles. The van der Waals surface area contributed by atoms with Gasteiger partial charge in [-0.25, -0.2) is 0 Å². The summed E-state index contributed by atoms with van der Waals surface area (Å²) in [5.74, 6) is 1.40. The van der Waals surface area contributed by atoms with Crippen LogP contribution in [0.1, 0.15) is 62.7 Å². The second kappa shape index (κ2) is 23.8. The van der Waals surface area contributed by atoms with Crippen LogP contribution >= 0.6 is 11.8 Å². The number of carboxylic acid groups (broad SMARTS) is 1. The maximum atomic E-state index is 14.2. The van der Waals surface area contributed by atoms with Crippen molar-refractivity contribution in [3.63, 3.8) is 0 Å². The fraction of sp³-hybridized carbons (Fsp3) is 0.393. The summed E-state index contributed by atoms with van der Waals surface area (Å²) < 4.78 is 41.8. The Labute approximate surface area is 430 Å². The van der Waals surface area contributed by atoms with Crippen LogP contribution in [-0.4, -0.2) is 126 Å². The minimum Gasteiger partial charge on any atom is -0.493 e. The molecule has 4 aliphatic rings. The van der Waals surface area contributed by atoms with E-state index in [0.29, 0.717) is 117 Å². The molecule has 0 fully saturated rings. The number of aliphatic imine (C=N–C) groups is 1. The third-order valence-electron chi connectivity index (χ3n) is 13.4. The first-order chi connectivity index (χ1) is 35.6. The molecule has 17 heteroatoms. The largest absolute Gasteiger partial charge is 0.493 e. The van der Waals surface area contributed by atoms with Crippen molar-refractivity contribution in [3.8, 4) is 23.0 Å². The lowest BCUT2D eigenvalue weighted by Gasteiger charge is -2.29. The molecule has 5 aromatic rings. The topological polar surface area (TPSA) is 170 Å². The van der Waals surface area contributed by atoms with Gasteiger partial charge in [0, 0.05) is 80.2 Å². The van der Waals surface area contributed by atoms with Crippen LogP contribution in [-0.2, 0) is 45.1 Å². The molecule has 0 saturated heterocycles. The van der Waals surface area contributed by atoms with Crippen molar-refractivity contribution in [3.05, 3.63) is 124 Å². The molecule has 4 aliphatic heterocycles. The smallest absolute Gasteiger partial charge is 0.303 e. The highest BCUT2D eigenvalue weighted by molar-refractivity contribution is 7.99. The summed E-state index contributed by atoms with van der Waals surface area (Å²) >= 11 is 1.73. The number of rotatable bonds is 25. The fourth-order valence-corrected chi connectivity index (χ4v) is 10.8. The minimum atomic E-state index is -0.803. The van der Waals surface area contributed by atoms with Gasteiger partial charge in [0.25, 0.3) is 11.8 Å². The van der Waals surface area contributed by atoms with Crippen LogP contribution in [0.25, 0.3) is 0 Å². The van der Waals surface area contributed by atoms with Crippen molar-refractivity contribution < 1.29 is 52.6 Å². The highest BCUT2D eigenvalue weighted by Gasteiger charge is 2.39. The third kappa shape index (κ3) is 11.9. The number of thioether (sulfide) groups is 1. The Hall–Kier alpha value is -6.79. The van der Waals surface area contributed by atoms with Crippen LogP contribution in [0.15, 0.2) is 96.0 Å². The number of carbonyl (C=O) groups is 3. The Morgan fingerprint density at radius 3 is 2.10 bits per heavy atom. The van der Waals surface area contributed by atoms with Crippen LogP contribution < -0.4 is 39.0 Å². The van der Waals surface area contributed by atoms with Crippen molar-refractivity contribution in [2.75, 3.05) is 99.8 Å². The van der Waals surface area contributed by atoms with E-state index in [1.807, 2.05) is 70.6 Å². The van der Waals surface area contributed by atoms with Crippen molar-refractivity contribution in [2.24, 2.45) is 4.99 Å². The van der Waals surface area contributed by atoms with Crippen molar-refractivity contribution >= 4 is 64.2 Å². The summed E-state index contributed by atoms with van der Waals surface area (Å²) in [6.45, 7) is 6.47. The molecule has 0 aliphatic carbocycles. The number of amides is 2. The number of methoxy groups -OCH3 is 3. The van der Waals surface area contributed by atoms with Gasteiger partial charge in [-0.05, 0) is 83.3 Å². The van der Waals surface area contributed by atoms with Gasteiger partial charge in [0.15, 0.2) is 23.0 Å². The molecule has 9 rings (SSSR count). The fourth-order valence-electron chi connectivity index (χ4n) is 9.85. The van der Waals surface area contributed by atoms with Crippen LogP contribution in [0.3, 0.4) is 0 Å². The quantitative estimate of drug-likeness (QED) is 0.0533. The van der Waals surface area contributed by atoms with Gasteiger partial charge < -0.3 is 53.4 Å². The van der Waals surface area contributed by atoms with E-state index in [9.17, 15) is 19.5 Å². The number of hydrogen-bond donors (Lipinski definition) is 2. The minimum absolute atomic E-state index is 0.0265. The van der Waals surface area contributed by atoms with Gasteiger partial charge in [0.1, 0.15) is 13.2 Å². The Morgan fingerprint density at radius 1 is 0.767 bits per heavy atom. The summed E-state index contributed by atoms with van der Waals surface area (Å²) in [7, 11) is 4.76. The number of nitrogens with zero attached hydrogens (tertiary/aromatic N) is 4. The molecular weight excluding hydrogens is 951 g/mol. The Bertz CT molecular complexity index is 2830. The van der Waals surface area contributed by atoms with Gasteiger partial charge >= 0.3 is 5.97 Å². The summed E-state index contributed by atoms with van der Waals surface area (Å²) in [6, 6.07) is 29.1. The van der Waals surface area contributed by atoms with E-state index in [1.54, 1.807) is 51.3 Å². The molecule has 384 valence electrons. The van der Waals surface area contributed by atoms with Crippen molar-refractivity contribution in [1.29, 1.82) is 0 Å². The van der Waals surface area contributed by atoms with Gasteiger partial charge in [-0.1, -0.05) is 43.3 Å². The number of nitrogens with one attached hydrogen (secondary N) is 1. The van der Waals surface area contributed by atoms with Crippen LogP contribution in [0.4, 0.5) is 28.4 Å². The highest BCUT2D eigenvalue weighted by atomic mass is 32.2. The maximum Gasteiger partial charge on any atom is 0.303 e. The summed E-state index contributed by atoms with van der Waals surface area (Å²) in [5.41, 5.74) is 8.76. The second-order valence-electron chi connectivity index (χ2n) is 18.4. The van der Waals surface area contributed by atoms with Gasteiger partial charge in [-0.2, -0.15) is 11.8 Å². The zero-order valence-corrected chi connectivity index (χ0v) is 42.6. The number of benzene rings is 5. The molecule has 16 nitrogen and oxygen atoms in total. The molecule has 2 N–H and O–H groups in total. The average molecular weight is 1010 g/mol. The SMILES string of the molecule is COCCOCCOCCN(C[C@H](C)SCCCC(=O)O)c1cc(COc2cc3c(cc2OC)C(=O)N2c4ccccc4CC2C=N3)cc(COc2cc3c(cc2OC)C(=O)N2c4ccccc4C[C@H]2CN3)c1. The zero-order chi connectivity index (χ0) is 50.8. The highest BCUT2D eigenvalue weighted by Crippen LogP contribution is 2.43. The molecule has 0 spiro atoms. The summed E-state index contributed by atoms with van der Waals surface area (Å²) in [4.78, 5) is 50.4. The Kier molecular flexibility index (Phi) is 16.7. The third-order valence-corrected chi connectivity index (χ3v) is 14.6. The number of hydrogen-bond acceptors (Lipinski definition) is 14. The monoisotopic (exact) mass is 1010 g/mol. The Morgan fingerprint density at radius 2 is 1.40 bits per heavy atom. The van der Waals surface area contributed by atoms with E-state index in [1.165, 1.54) is 0 Å². The molecule has 0 radical (unpaired) electrons. The number of para-hydroxylation sites is 2. The lowest BCUT2D eigenvalue weighted by Crippen LogP contribution is -2.39. The van der Waals surface area contributed by atoms with Crippen molar-refractivity contribution in [1.82, 2.24) is 0 Å². The first kappa shape index (κ1) is 51.1. The normalized spacial score (nSPS) is 16.5. The molecule has 0 saturated carbocycles.